The molecule has 0 radical (unpaired) electrons. The van der Waals surface area contributed by atoms with E-state index in [0.29, 0.717) is 13.1 Å². The highest BCUT2D eigenvalue weighted by molar-refractivity contribution is 5.75. The molecule has 1 unspecified atom stereocenters. The SMILES string of the molecule is CCN(CC(=O)O)C1CC(NC(=O)N2CCCC2c2ccc(F)cc2C)C1. The van der Waals surface area contributed by atoms with Gasteiger partial charge < -0.3 is 15.3 Å². The first-order valence-corrected chi connectivity index (χ1v) is 9.68. The van der Waals surface area contributed by atoms with Gasteiger partial charge in [0.2, 0.25) is 0 Å². The molecular formula is C20H28FN3O3. The summed E-state index contributed by atoms with van der Waals surface area (Å²) in [4.78, 5) is 27.5. The lowest BCUT2D eigenvalue weighted by atomic mass is 9.85. The number of nitrogens with one attached hydrogen (secondary N) is 1. The molecule has 0 spiro atoms. The number of carbonyl (C=O) groups excluding carboxylic acids is 1. The van der Waals surface area contributed by atoms with Gasteiger partial charge in [-0.05, 0) is 62.4 Å². The molecule has 27 heavy (non-hydrogen) atoms. The maximum Gasteiger partial charge on any atom is 0.318 e. The van der Waals surface area contributed by atoms with Crippen LogP contribution in [-0.2, 0) is 4.79 Å². The molecule has 2 fully saturated rings. The third-order valence-corrected chi connectivity index (χ3v) is 5.81. The van der Waals surface area contributed by atoms with Gasteiger partial charge in [-0.3, -0.25) is 9.69 Å². The third-order valence-electron chi connectivity index (χ3n) is 5.81. The normalized spacial score (nSPS) is 24.7. The number of likely N-dealkylation sites (N-methyl/N-ethyl adjacent to an activating group) is 1. The van der Waals surface area contributed by atoms with Crippen LogP contribution in [0.2, 0.25) is 0 Å². The summed E-state index contributed by atoms with van der Waals surface area (Å²) in [7, 11) is 0. The molecule has 0 bridgehead atoms. The predicted octanol–water partition coefficient (Wildman–Crippen LogP) is 2.92. The van der Waals surface area contributed by atoms with Gasteiger partial charge in [-0.15, -0.1) is 0 Å². The number of halogens is 1. The number of rotatable bonds is 6. The monoisotopic (exact) mass is 377 g/mol. The molecule has 7 heteroatoms. The number of amides is 2. The van der Waals surface area contributed by atoms with Crippen LogP contribution in [0, 0.1) is 12.7 Å². The minimum absolute atomic E-state index is 0.0133. The van der Waals surface area contributed by atoms with E-state index >= 15 is 0 Å². The predicted molar refractivity (Wildman–Crippen MR) is 100 cm³/mol. The van der Waals surface area contributed by atoms with Crippen LogP contribution in [-0.4, -0.2) is 58.6 Å². The largest absolute Gasteiger partial charge is 0.480 e. The third kappa shape index (κ3) is 4.40. The highest BCUT2D eigenvalue weighted by atomic mass is 19.1. The van der Waals surface area contributed by atoms with Gasteiger partial charge in [0.25, 0.3) is 0 Å². The lowest BCUT2D eigenvalue weighted by molar-refractivity contribution is -0.139. The van der Waals surface area contributed by atoms with E-state index in [4.69, 9.17) is 5.11 Å². The first kappa shape index (κ1) is 19.6. The number of carboxylic acid groups (broad SMARTS) is 1. The highest BCUT2D eigenvalue weighted by Gasteiger charge is 2.37. The maximum absolute atomic E-state index is 13.4. The summed E-state index contributed by atoms with van der Waals surface area (Å²) < 4.78 is 13.4. The molecule has 0 aromatic heterocycles. The Morgan fingerprint density at radius 1 is 1.37 bits per heavy atom. The quantitative estimate of drug-likeness (QED) is 0.800. The molecule has 1 aliphatic carbocycles. The Labute approximate surface area is 159 Å². The average Bonchev–Trinajstić information content (AvgIpc) is 3.05. The van der Waals surface area contributed by atoms with Gasteiger partial charge in [-0.25, -0.2) is 9.18 Å². The van der Waals surface area contributed by atoms with Crippen molar-refractivity contribution in [2.45, 2.75) is 57.7 Å². The van der Waals surface area contributed by atoms with Crippen molar-refractivity contribution in [2.24, 2.45) is 0 Å². The second-order valence-corrected chi connectivity index (χ2v) is 7.58. The number of aliphatic carboxylic acids is 1. The number of aryl methyl sites for hydroxylation is 1. The molecule has 1 saturated carbocycles. The number of urea groups is 1. The van der Waals surface area contributed by atoms with E-state index in [-0.39, 0.29) is 36.5 Å². The average molecular weight is 377 g/mol. The number of likely N-dealkylation sites (tertiary alicyclic amines) is 1. The van der Waals surface area contributed by atoms with Crippen molar-refractivity contribution in [2.75, 3.05) is 19.6 Å². The van der Waals surface area contributed by atoms with Gasteiger partial charge in [-0.1, -0.05) is 13.0 Å². The van der Waals surface area contributed by atoms with Gasteiger partial charge in [-0.2, -0.15) is 0 Å². The number of carboxylic acids is 1. The smallest absolute Gasteiger partial charge is 0.318 e. The van der Waals surface area contributed by atoms with Crippen molar-refractivity contribution < 1.29 is 19.1 Å². The van der Waals surface area contributed by atoms with Gasteiger partial charge in [0.15, 0.2) is 0 Å². The summed E-state index contributed by atoms with van der Waals surface area (Å²) >= 11 is 0. The molecule has 2 N–H and O–H groups in total. The minimum atomic E-state index is -0.820. The minimum Gasteiger partial charge on any atom is -0.480 e. The van der Waals surface area contributed by atoms with E-state index in [1.807, 2.05) is 23.6 Å². The summed E-state index contributed by atoms with van der Waals surface area (Å²) in [5.74, 6) is -1.08. The van der Waals surface area contributed by atoms with Crippen LogP contribution in [0.25, 0.3) is 0 Å². The molecule has 2 aliphatic rings. The van der Waals surface area contributed by atoms with E-state index in [9.17, 15) is 14.0 Å². The second-order valence-electron chi connectivity index (χ2n) is 7.58. The molecule has 1 saturated heterocycles. The van der Waals surface area contributed by atoms with Crippen LogP contribution < -0.4 is 5.32 Å². The number of carbonyl (C=O) groups is 2. The molecule has 1 aromatic rings. The summed E-state index contributed by atoms with van der Waals surface area (Å²) in [5, 5.41) is 12.1. The summed E-state index contributed by atoms with van der Waals surface area (Å²) in [5.41, 5.74) is 1.88. The Hall–Kier alpha value is -2.15. The van der Waals surface area contributed by atoms with E-state index in [1.54, 1.807) is 6.07 Å². The summed E-state index contributed by atoms with van der Waals surface area (Å²) in [6, 6.07) is 4.96. The zero-order valence-electron chi connectivity index (χ0n) is 15.9. The molecule has 2 amide bonds. The fourth-order valence-corrected chi connectivity index (χ4v) is 4.28. The molecule has 1 heterocycles. The fraction of sp³-hybridized carbons (Fsp3) is 0.600. The summed E-state index contributed by atoms with van der Waals surface area (Å²) in [6.45, 7) is 5.26. The van der Waals surface area contributed by atoms with Crippen LogP contribution in [0.5, 0.6) is 0 Å². The van der Waals surface area contributed by atoms with E-state index in [1.165, 1.54) is 12.1 Å². The lowest BCUT2D eigenvalue weighted by Gasteiger charge is -2.43. The Kier molecular flexibility index (Phi) is 5.99. The van der Waals surface area contributed by atoms with E-state index in [2.05, 4.69) is 5.32 Å². The number of hydrogen-bond acceptors (Lipinski definition) is 3. The molecule has 1 atom stereocenters. The van der Waals surface area contributed by atoms with Crippen LogP contribution in [0.15, 0.2) is 18.2 Å². The van der Waals surface area contributed by atoms with E-state index < -0.39 is 5.97 Å². The van der Waals surface area contributed by atoms with Crippen LogP contribution in [0.4, 0.5) is 9.18 Å². The molecule has 3 rings (SSSR count). The Morgan fingerprint density at radius 3 is 2.74 bits per heavy atom. The summed E-state index contributed by atoms with van der Waals surface area (Å²) in [6.07, 6.45) is 3.38. The van der Waals surface area contributed by atoms with Crippen molar-refractivity contribution in [3.63, 3.8) is 0 Å². The Balaban J connectivity index is 1.56. The highest BCUT2D eigenvalue weighted by Crippen LogP contribution is 2.34. The van der Waals surface area contributed by atoms with Crippen molar-refractivity contribution in [3.05, 3.63) is 35.1 Å². The topological polar surface area (TPSA) is 72.9 Å². The standard InChI is InChI=1S/C20H28FN3O3/c1-3-23(12-19(25)26)16-10-15(11-16)22-20(27)24-8-4-5-18(24)17-7-6-14(21)9-13(17)2/h6-7,9,15-16,18H,3-5,8,10-12H2,1-2H3,(H,22,27)(H,25,26). The molecular weight excluding hydrogens is 349 g/mol. The first-order valence-electron chi connectivity index (χ1n) is 9.68. The first-order chi connectivity index (χ1) is 12.9. The number of nitrogens with zero attached hydrogens (tertiary/aromatic N) is 2. The van der Waals surface area contributed by atoms with Crippen molar-refractivity contribution in [3.8, 4) is 0 Å². The molecule has 1 aromatic carbocycles. The molecule has 148 valence electrons. The second kappa shape index (κ2) is 8.25. The maximum atomic E-state index is 13.4. The number of benzene rings is 1. The van der Waals surface area contributed by atoms with Crippen molar-refractivity contribution in [1.82, 2.24) is 15.1 Å². The van der Waals surface area contributed by atoms with Crippen LogP contribution >= 0.6 is 0 Å². The lowest BCUT2D eigenvalue weighted by Crippen LogP contribution is -2.56. The zero-order chi connectivity index (χ0) is 19.6. The number of hydrogen-bond donors (Lipinski definition) is 2. The van der Waals surface area contributed by atoms with Gasteiger partial charge in [0.1, 0.15) is 5.82 Å². The zero-order valence-corrected chi connectivity index (χ0v) is 15.9. The Morgan fingerprint density at radius 2 is 2.11 bits per heavy atom. The fourth-order valence-electron chi connectivity index (χ4n) is 4.28. The van der Waals surface area contributed by atoms with Crippen molar-refractivity contribution >= 4 is 12.0 Å². The van der Waals surface area contributed by atoms with Crippen LogP contribution in [0.1, 0.15) is 49.8 Å². The molecule has 1 aliphatic heterocycles. The van der Waals surface area contributed by atoms with E-state index in [0.717, 1.165) is 36.8 Å². The Bertz CT molecular complexity index is 706. The van der Waals surface area contributed by atoms with Gasteiger partial charge >= 0.3 is 12.0 Å². The van der Waals surface area contributed by atoms with Crippen molar-refractivity contribution in [1.29, 1.82) is 0 Å². The van der Waals surface area contributed by atoms with Crippen LogP contribution in [0.3, 0.4) is 0 Å². The van der Waals surface area contributed by atoms with Gasteiger partial charge in [0.05, 0.1) is 12.6 Å². The molecule has 6 nitrogen and oxygen atoms in total. The van der Waals surface area contributed by atoms with Gasteiger partial charge in [0, 0.05) is 18.6 Å².